The molecule has 0 saturated heterocycles. The number of aromatic amines is 1. The Morgan fingerprint density at radius 1 is 1.33 bits per heavy atom. The van der Waals surface area contributed by atoms with E-state index in [9.17, 15) is 5.11 Å². The van der Waals surface area contributed by atoms with Gasteiger partial charge in [0.1, 0.15) is 0 Å². The molecule has 4 heteroatoms. The minimum atomic E-state index is -0.0369. The molecule has 0 spiro atoms. The number of aliphatic hydroxyl groups is 1. The van der Waals surface area contributed by atoms with Crippen LogP contribution in [0.4, 0.5) is 0 Å². The maximum atomic E-state index is 9.48. The molecule has 0 aliphatic carbocycles. The molecule has 3 rings (SSSR count). The standard InChI is InChI=1S/C14H15ClN2O/c15-11-4-3-9-5-7-17-14(9)13(11)10-2-1-6-16-12(10)8-18/h2-5,7,12,16-18H,1,6,8H2. The lowest BCUT2D eigenvalue weighted by Gasteiger charge is -2.25. The van der Waals surface area contributed by atoms with Crippen LogP contribution in [0.1, 0.15) is 12.0 Å². The van der Waals surface area contributed by atoms with Gasteiger partial charge in [-0.15, -0.1) is 0 Å². The molecule has 94 valence electrons. The second-order valence-corrected chi connectivity index (χ2v) is 4.91. The average Bonchev–Trinajstić information content (AvgIpc) is 2.87. The fourth-order valence-corrected chi connectivity index (χ4v) is 2.83. The molecular weight excluding hydrogens is 248 g/mol. The van der Waals surface area contributed by atoms with E-state index in [1.807, 2.05) is 24.4 Å². The summed E-state index contributed by atoms with van der Waals surface area (Å²) in [7, 11) is 0. The van der Waals surface area contributed by atoms with Crippen LogP contribution < -0.4 is 5.32 Å². The lowest BCUT2D eigenvalue weighted by atomic mass is 9.93. The topological polar surface area (TPSA) is 48.0 Å². The average molecular weight is 263 g/mol. The van der Waals surface area contributed by atoms with E-state index in [2.05, 4.69) is 16.4 Å². The summed E-state index contributed by atoms with van der Waals surface area (Å²) in [4.78, 5) is 3.24. The molecule has 0 saturated carbocycles. The third-order valence-electron chi connectivity index (χ3n) is 3.42. The summed E-state index contributed by atoms with van der Waals surface area (Å²) >= 11 is 6.35. The van der Waals surface area contributed by atoms with Crippen LogP contribution in [0.15, 0.2) is 30.5 Å². The van der Waals surface area contributed by atoms with E-state index in [0.717, 1.165) is 40.0 Å². The fraction of sp³-hybridized carbons (Fsp3) is 0.286. The third kappa shape index (κ3) is 1.85. The van der Waals surface area contributed by atoms with Gasteiger partial charge < -0.3 is 15.4 Å². The van der Waals surface area contributed by atoms with Gasteiger partial charge in [-0.25, -0.2) is 0 Å². The van der Waals surface area contributed by atoms with Crippen molar-refractivity contribution in [1.82, 2.24) is 10.3 Å². The molecular formula is C14H15ClN2O. The summed E-state index contributed by atoms with van der Waals surface area (Å²) in [6.07, 6.45) is 5.04. The lowest BCUT2D eigenvalue weighted by Crippen LogP contribution is -2.37. The quantitative estimate of drug-likeness (QED) is 0.779. The molecule has 1 aromatic heterocycles. The van der Waals surface area contributed by atoms with Gasteiger partial charge in [-0.3, -0.25) is 0 Å². The minimum Gasteiger partial charge on any atom is -0.394 e. The predicted octanol–water partition coefficient (Wildman–Crippen LogP) is 2.56. The normalized spacial score (nSPS) is 20.1. The summed E-state index contributed by atoms with van der Waals surface area (Å²) < 4.78 is 0. The molecule has 1 aliphatic heterocycles. The zero-order valence-corrected chi connectivity index (χ0v) is 10.7. The van der Waals surface area contributed by atoms with Crippen molar-refractivity contribution in [3.63, 3.8) is 0 Å². The summed E-state index contributed by atoms with van der Waals surface area (Å²) in [6, 6.07) is 5.91. The number of hydrogen-bond acceptors (Lipinski definition) is 2. The first-order chi connectivity index (χ1) is 8.81. The molecule has 1 aliphatic rings. The van der Waals surface area contributed by atoms with Crippen molar-refractivity contribution < 1.29 is 5.11 Å². The minimum absolute atomic E-state index is 0.0369. The van der Waals surface area contributed by atoms with Crippen molar-refractivity contribution in [1.29, 1.82) is 0 Å². The lowest BCUT2D eigenvalue weighted by molar-refractivity contribution is 0.266. The Morgan fingerprint density at radius 3 is 3.06 bits per heavy atom. The maximum Gasteiger partial charge on any atom is 0.0626 e. The van der Waals surface area contributed by atoms with E-state index in [1.165, 1.54) is 0 Å². The van der Waals surface area contributed by atoms with Crippen LogP contribution in [0.2, 0.25) is 5.02 Å². The molecule has 1 unspecified atom stereocenters. The fourth-order valence-electron chi connectivity index (χ4n) is 2.56. The number of aliphatic hydroxyl groups excluding tert-OH is 1. The van der Waals surface area contributed by atoms with E-state index in [4.69, 9.17) is 11.6 Å². The van der Waals surface area contributed by atoms with E-state index in [0.29, 0.717) is 0 Å². The zero-order chi connectivity index (χ0) is 12.5. The van der Waals surface area contributed by atoms with Crippen LogP contribution in [-0.4, -0.2) is 29.3 Å². The third-order valence-corrected chi connectivity index (χ3v) is 3.74. The molecule has 0 amide bonds. The Labute approximate surface area is 110 Å². The van der Waals surface area contributed by atoms with Crippen molar-refractivity contribution in [2.45, 2.75) is 12.5 Å². The Balaban J connectivity index is 2.21. The smallest absolute Gasteiger partial charge is 0.0626 e. The van der Waals surface area contributed by atoms with Gasteiger partial charge in [-0.1, -0.05) is 23.7 Å². The SMILES string of the molecule is OCC1NCCC=C1c1c(Cl)ccc2cc[nH]c12. The van der Waals surface area contributed by atoms with Gasteiger partial charge in [0.2, 0.25) is 0 Å². The number of H-pyrrole nitrogens is 1. The molecule has 2 heterocycles. The summed E-state index contributed by atoms with van der Waals surface area (Å²) in [5.41, 5.74) is 3.13. The number of aromatic nitrogens is 1. The molecule has 1 atom stereocenters. The molecule has 0 bridgehead atoms. The summed E-state index contributed by atoms with van der Waals surface area (Å²) in [5, 5.41) is 14.6. The monoisotopic (exact) mass is 262 g/mol. The first kappa shape index (κ1) is 11.8. The van der Waals surface area contributed by atoms with Crippen LogP contribution in [0.3, 0.4) is 0 Å². The molecule has 3 nitrogen and oxygen atoms in total. The molecule has 3 N–H and O–H groups in total. The Kier molecular flexibility index (Phi) is 3.12. The van der Waals surface area contributed by atoms with Gasteiger partial charge in [0.25, 0.3) is 0 Å². The first-order valence-electron chi connectivity index (χ1n) is 6.11. The molecule has 18 heavy (non-hydrogen) atoms. The number of fused-ring (bicyclic) bond motifs is 1. The van der Waals surface area contributed by atoms with Crippen LogP contribution in [0.5, 0.6) is 0 Å². The number of benzene rings is 1. The van der Waals surface area contributed by atoms with Gasteiger partial charge >= 0.3 is 0 Å². The van der Waals surface area contributed by atoms with Crippen molar-refractivity contribution in [2.24, 2.45) is 0 Å². The Hall–Kier alpha value is -1.29. The highest BCUT2D eigenvalue weighted by Gasteiger charge is 2.21. The summed E-state index contributed by atoms with van der Waals surface area (Å²) in [6.45, 7) is 0.978. The van der Waals surface area contributed by atoms with Crippen molar-refractivity contribution >= 4 is 28.1 Å². The van der Waals surface area contributed by atoms with Gasteiger partial charge in [0.05, 0.1) is 23.2 Å². The van der Waals surface area contributed by atoms with Crippen LogP contribution >= 0.6 is 11.6 Å². The van der Waals surface area contributed by atoms with E-state index < -0.39 is 0 Å². The van der Waals surface area contributed by atoms with Gasteiger partial charge in [-0.2, -0.15) is 0 Å². The van der Waals surface area contributed by atoms with E-state index >= 15 is 0 Å². The highest BCUT2D eigenvalue weighted by molar-refractivity contribution is 6.33. The Morgan fingerprint density at radius 2 is 2.22 bits per heavy atom. The largest absolute Gasteiger partial charge is 0.394 e. The predicted molar refractivity (Wildman–Crippen MR) is 74.8 cm³/mol. The second kappa shape index (κ2) is 4.76. The maximum absolute atomic E-state index is 9.48. The number of rotatable bonds is 2. The zero-order valence-electron chi connectivity index (χ0n) is 9.91. The van der Waals surface area contributed by atoms with Crippen molar-refractivity contribution in [3.8, 4) is 0 Å². The van der Waals surface area contributed by atoms with Gasteiger partial charge in [0.15, 0.2) is 0 Å². The Bertz CT molecular complexity index is 603. The van der Waals surface area contributed by atoms with E-state index in [-0.39, 0.29) is 12.6 Å². The van der Waals surface area contributed by atoms with Crippen LogP contribution in [0.25, 0.3) is 16.5 Å². The van der Waals surface area contributed by atoms with E-state index in [1.54, 1.807) is 0 Å². The van der Waals surface area contributed by atoms with Crippen LogP contribution in [0, 0.1) is 0 Å². The molecule has 2 aromatic rings. The molecule has 0 radical (unpaired) electrons. The molecule has 0 fully saturated rings. The second-order valence-electron chi connectivity index (χ2n) is 4.50. The number of hydrogen-bond donors (Lipinski definition) is 3. The van der Waals surface area contributed by atoms with Gasteiger partial charge in [-0.05, 0) is 30.7 Å². The van der Waals surface area contributed by atoms with Gasteiger partial charge in [0, 0.05) is 17.1 Å². The summed E-state index contributed by atoms with van der Waals surface area (Å²) in [5.74, 6) is 0. The van der Waals surface area contributed by atoms with Crippen molar-refractivity contribution in [2.75, 3.05) is 13.2 Å². The first-order valence-corrected chi connectivity index (χ1v) is 6.49. The number of nitrogens with one attached hydrogen (secondary N) is 2. The van der Waals surface area contributed by atoms with Crippen molar-refractivity contribution in [3.05, 3.63) is 41.1 Å². The molecule has 1 aromatic carbocycles. The van der Waals surface area contributed by atoms with Crippen LogP contribution in [-0.2, 0) is 0 Å². The number of halogens is 1. The highest BCUT2D eigenvalue weighted by Crippen LogP contribution is 2.34. The highest BCUT2D eigenvalue weighted by atomic mass is 35.5.